The van der Waals surface area contributed by atoms with E-state index in [0.29, 0.717) is 50.6 Å². The van der Waals surface area contributed by atoms with Crippen LogP contribution in [0.5, 0.6) is 0 Å². The Morgan fingerprint density at radius 1 is 1.23 bits per heavy atom. The van der Waals surface area contributed by atoms with Gasteiger partial charge in [-0.25, -0.2) is 9.97 Å². The maximum absolute atomic E-state index is 13.3. The van der Waals surface area contributed by atoms with Gasteiger partial charge in [-0.05, 0) is 43.0 Å². The minimum absolute atomic E-state index is 0.110. The number of nitrogens with two attached hydrogens (primary N) is 1. The van der Waals surface area contributed by atoms with Crippen LogP contribution in [0.25, 0.3) is 0 Å². The molecule has 160 valence electrons. The van der Waals surface area contributed by atoms with E-state index in [4.69, 9.17) is 17.3 Å². The van der Waals surface area contributed by atoms with Crippen LogP contribution in [-0.4, -0.2) is 58.6 Å². The van der Waals surface area contributed by atoms with Gasteiger partial charge >= 0.3 is 0 Å². The van der Waals surface area contributed by atoms with Gasteiger partial charge in [0.15, 0.2) is 0 Å². The molecule has 30 heavy (non-hydrogen) atoms. The molecule has 7 nitrogen and oxygen atoms in total. The van der Waals surface area contributed by atoms with Crippen molar-refractivity contribution in [1.29, 1.82) is 0 Å². The molecule has 1 aliphatic heterocycles. The first-order valence-corrected chi connectivity index (χ1v) is 10.9. The molecule has 0 unspecified atom stereocenters. The average molecular weight is 430 g/mol. The Morgan fingerprint density at radius 3 is 2.60 bits per heavy atom. The van der Waals surface area contributed by atoms with E-state index in [-0.39, 0.29) is 17.7 Å². The molecule has 3 atom stereocenters. The number of halogens is 1. The summed E-state index contributed by atoms with van der Waals surface area (Å²) in [5.41, 5.74) is 8.55. The number of anilines is 1. The maximum atomic E-state index is 13.3. The molecule has 3 N–H and O–H groups in total. The Morgan fingerprint density at radius 2 is 1.93 bits per heavy atom. The van der Waals surface area contributed by atoms with Crippen LogP contribution in [0.15, 0.2) is 30.6 Å². The molecular formula is C22H28ClN5O2. The third-order valence-corrected chi connectivity index (χ3v) is 6.45. The minimum atomic E-state index is -0.518. The molecule has 8 heteroatoms. The molecule has 1 aromatic carbocycles. The van der Waals surface area contributed by atoms with Crippen molar-refractivity contribution in [3.63, 3.8) is 0 Å². The van der Waals surface area contributed by atoms with Crippen molar-refractivity contribution in [2.75, 3.05) is 37.6 Å². The standard InChI is InChI=1S/C22H28ClN5O2/c1-14-12-18(29)20-19(14)21(26-13-25-20)27-8-10-28(11-9-27)22(30)17(6-7-24)15-2-4-16(23)5-3-15/h2-5,13-14,17-18,29H,6-12,24H2,1H3/t14-,17-,18-/m1/s1. The zero-order chi connectivity index (χ0) is 21.3. The highest BCUT2D eigenvalue weighted by Gasteiger charge is 2.34. The van der Waals surface area contributed by atoms with Gasteiger partial charge in [0, 0.05) is 36.8 Å². The molecule has 1 fully saturated rings. The molecule has 0 radical (unpaired) electrons. The zero-order valence-corrected chi connectivity index (χ0v) is 17.9. The van der Waals surface area contributed by atoms with E-state index in [2.05, 4.69) is 21.8 Å². The van der Waals surface area contributed by atoms with E-state index in [1.54, 1.807) is 0 Å². The highest BCUT2D eigenvalue weighted by Crippen LogP contribution is 2.42. The molecule has 2 aliphatic rings. The van der Waals surface area contributed by atoms with Crippen molar-refractivity contribution in [2.45, 2.75) is 37.7 Å². The Balaban J connectivity index is 1.47. The van der Waals surface area contributed by atoms with Crippen LogP contribution in [0, 0.1) is 0 Å². The average Bonchev–Trinajstić information content (AvgIpc) is 3.06. The number of carbonyl (C=O) groups is 1. The predicted octanol–water partition coefficient (Wildman–Crippen LogP) is 2.45. The van der Waals surface area contributed by atoms with Gasteiger partial charge in [0.05, 0.1) is 17.7 Å². The fourth-order valence-corrected chi connectivity index (χ4v) is 4.73. The molecular weight excluding hydrogens is 402 g/mol. The Hall–Kier alpha value is -2.22. The molecule has 1 amide bonds. The quantitative estimate of drug-likeness (QED) is 0.757. The summed E-state index contributed by atoms with van der Waals surface area (Å²) in [6.07, 6.45) is 2.30. The molecule has 2 aromatic rings. The largest absolute Gasteiger partial charge is 0.387 e. The van der Waals surface area contributed by atoms with Crippen LogP contribution in [0.4, 0.5) is 5.82 Å². The summed E-state index contributed by atoms with van der Waals surface area (Å²) < 4.78 is 0. The molecule has 2 heterocycles. The van der Waals surface area contributed by atoms with E-state index in [9.17, 15) is 9.90 Å². The number of hydrogen-bond donors (Lipinski definition) is 2. The predicted molar refractivity (Wildman–Crippen MR) is 117 cm³/mol. The fraction of sp³-hybridized carbons (Fsp3) is 0.500. The zero-order valence-electron chi connectivity index (χ0n) is 17.2. The van der Waals surface area contributed by atoms with E-state index in [1.165, 1.54) is 6.33 Å². The highest BCUT2D eigenvalue weighted by molar-refractivity contribution is 6.30. The van der Waals surface area contributed by atoms with Crippen LogP contribution >= 0.6 is 11.6 Å². The summed E-state index contributed by atoms with van der Waals surface area (Å²) in [6, 6.07) is 7.45. The number of piperazine rings is 1. The smallest absolute Gasteiger partial charge is 0.230 e. The normalized spacial score (nSPS) is 22.1. The van der Waals surface area contributed by atoms with Gasteiger partial charge < -0.3 is 20.6 Å². The highest BCUT2D eigenvalue weighted by atomic mass is 35.5. The van der Waals surface area contributed by atoms with Gasteiger partial charge in [0.25, 0.3) is 0 Å². The number of aliphatic hydroxyl groups is 1. The van der Waals surface area contributed by atoms with Crippen LogP contribution in [0.1, 0.15) is 54.5 Å². The SMILES string of the molecule is C[C@@H]1C[C@@H](O)c2ncnc(N3CCN(C(=O)[C@H](CCN)c4ccc(Cl)cc4)CC3)c21. The van der Waals surface area contributed by atoms with E-state index in [1.807, 2.05) is 29.2 Å². The van der Waals surface area contributed by atoms with E-state index in [0.717, 1.165) is 22.6 Å². The number of rotatable bonds is 5. The lowest BCUT2D eigenvalue weighted by Gasteiger charge is -2.38. The van der Waals surface area contributed by atoms with Gasteiger partial charge in [-0.1, -0.05) is 30.7 Å². The third kappa shape index (κ3) is 4.02. The summed E-state index contributed by atoms with van der Waals surface area (Å²) in [7, 11) is 0. The van der Waals surface area contributed by atoms with Crippen molar-refractivity contribution >= 4 is 23.3 Å². The molecule has 4 rings (SSSR count). The monoisotopic (exact) mass is 429 g/mol. The fourth-order valence-electron chi connectivity index (χ4n) is 4.61. The minimum Gasteiger partial charge on any atom is -0.387 e. The number of nitrogens with zero attached hydrogens (tertiary/aromatic N) is 4. The number of aliphatic hydroxyl groups excluding tert-OH is 1. The Bertz CT molecular complexity index is 899. The van der Waals surface area contributed by atoms with E-state index >= 15 is 0 Å². The van der Waals surface area contributed by atoms with Crippen molar-refractivity contribution in [2.24, 2.45) is 5.73 Å². The molecule has 1 aliphatic carbocycles. The molecule has 0 bridgehead atoms. The summed E-state index contributed by atoms with van der Waals surface area (Å²) in [4.78, 5) is 26.2. The summed E-state index contributed by atoms with van der Waals surface area (Å²) in [5, 5.41) is 10.9. The molecule has 0 saturated carbocycles. The van der Waals surface area contributed by atoms with Gasteiger partial charge in [-0.3, -0.25) is 4.79 Å². The first-order valence-electron chi connectivity index (χ1n) is 10.5. The van der Waals surface area contributed by atoms with Crippen molar-refractivity contribution in [1.82, 2.24) is 14.9 Å². The van der Waals surface area contributed by atoms with Crippen LogP contribution in [-0.2, 0) is 4.79 Å². The number of benzene rings is 1. The second-order valence-electron chi connectivity index (χ2n) is 8.14. The summed E-state index contributed by atoms with van der Waals surface area (Å²) >= 11 is 6.00. The van der Waals surface area contributed by atoms with Crippen LogP contribution in [0.3, 0.4) is 0 Å². The van der Waals surface area contributed by atoms with Crippen molar-refractivity contribution in [3.8, 4) is 0 Å². The lowest BCUT2D eigenvalue weighted by atomic mass is 9.94. The van der Waals surface area contributed by atoms with Gasteiger partial charge in [0.2, 0.25) is 5.91 Å². The number of carbonyl (C=O) groups excluding carboxylic acids is 1. The molecule has 1 aromatic heterocycles. The molecule has 0 spiro atoms. The first-order chi connectivity index (χ1) is 14.5. The molecule has 1 saturated heterocycles. The number of aromatic nitrogens is 2. The third-order valence-electron chi connectivity index (χ3n) is 6.20. The number of hydrogen-bond acceptors (Lipinski definition) is 6. The number of fused-ring (bicyclic) bond motifs is 1. The lowest BCUT2D eigenvalue weighted by molar-refractivity contribution is -0.133. The summed E-state index contributed by atoms with van der Waals surface area (Å²) in [6.45, 7) is 5.21. The van der Waals surface area contributed by atoms with Gasteiger partial charge in [0.1, 0.15) is 12.1 Å². The topological polar surface area (TPSA) is 95.6 Å². The second-order valence-corrected chi connectivity index (χ2v) is 8.58. The van der Waals surface area contributed by atoms with Crippen LogP contribution < -0.4 is 10.6 Å². The van der Waals surface area contributed by atoms with Gasteiger partial charge in [-0.2, -0.15) is 0 Å². The van der Waals surface area contributed by atoms with Gasteiger partial charge in [-0.15, -0.1) is 0 Å². The summed E-state index contributed by atoms with van der Waals surface area (Å²) in [5.74, 6) is 0.980. The van der Waals surface area contributed by atoms with E-state index < -0.39 is 6.10 Å². The van der Waals surface area contributed by atoms with Crippen molar-refractivity contribution in [3.05, 3.63) is 52.4 Å². The van der Waals surface area contributed by atoms with Crippen LogP contribution in [0.2, 0.25) is 5.02 Å². The first kappa shape index (κ1) is 21.0. The lowest BCUT2D eigenvalue weighted by Crippen LogP contribution is -2.50. The van der Waals surface area contributed by atoms with Crippen molar-refractivity contribution < 1.29 is 9.90 Å². The maximum Gasteiger partial charge on any atom is 0.230 e. The number of amides is 1. The second kappa shape index (κ2) is 8.88. The Labute approximate surface area is 181 Å². The Kier molecular flexibility index (Phi) is 6.22.